The van der Waals surface area contributed by atoms with Crippen molar-refractivity contribution < 1.29 is 29.1 Å². The molecule has 39 heavy (non-hydrogen) atoms. The van der Waals surface area contributed by atoms with Crippen molar-refractivity contribution in [3.63, 3.8) is 0 Å². The monoisotopic (exact) mass is 545 g/mol. The molecule has 1 aromatic heterocycles. The number of rotatable bonds is 15. The van der Waals surface area contributed by atoms with Crippen LogP contribution in [0.1, 0.15) is 31.7 Å². The van der Waals surface area contributed by atoms with Crippen LogP contribution in [-0.2, 0) is 30.4 Å². The third kappa shape index (κ3) is 9.62. The van der Waals surface area contributed by atoms with Crippen molar-refractivity contribution >= 4 is 46.5 Å². The number of benzene rings is 1. The SMILES string of the molecule is CC(NC(=O)C(Cc1c[nH]c2ccccc12)NC(=O)C(CC(N)=O)NC(=O)C(N)CCCN=C(N)N)C(=O)O. The number of para-hydroxylation sites is 1. The molecule has 0 radical (unpaired) electrons. The topological polar surface area (TPSA) is 274 Å². The second-order valence-corrected chi connectivity index (χ2v) is 8.98. The summed E-state index contributed by atoms with van der Waals surface area (Å²) in [5.74, 6) is -4.63. The average molecular weight is 546 g/mol. The lowest BCUT2D eigenvalue weighted by atomic mass is 10.0. The summed E-state index contributed by atoms with van der Waals surface area (Å²) in [5.41, 5.74) is 23.2. The molecular formula is C24H35N9O6. The van der Waals surface area contributed by atoms with Crippen LogP contribution in [0.15, 0.2) is 35.5 Å². The van der Waals surface area contributed by atoms with Gasteiger partial charge in [0.15, 0.2) is 5.96 Å². The number of nitrogens with one attached hydrogen (secondary N) is 4. The van der Waals surface area contributed by atoms with Gasteiger partial charge in [-0.2, -0.15) is 0 Å². The number of carboxylic acids is 1. The fourth-order valence-corrected chi connectivity index (χ4v) is 3.72. The average Bonchev–Trinajstić information content (AvgIpc) is 3.27. The van der Waals surface area contributed by atoms with E-state index in [2.05, 4.69) is 25.9 Å². The van der Waals surface area contributed by atoms with Gasteiger partial charge < -0.3 is 49.0 Å². The first-order chi connectivity index (χ1) is 18.4. The van der Waals surface area contributed by atoms with E-state index < -0.39 is 60.2 Å². The highest BCUT2D eigenvalue weighted by molar-refractivity contribution is 5.96. The number of carboxylic acid groups (broad SMARTS) is 1. The molecule has 4 atom stereocenters. The van der Waals surface area contributed by atoms with Gasteiger partial charge in [0.05, 0.1) is 12.5 Å². The predicted molar refractivity (Wildman–Crippen MR) is 143 cm³/mol. The molecule has 0 aliphatic carbocycles. The summed E-state index contributed by atoms with van der Waals surface area (Å²) < 4.78 is 0. The van der Waals surface area contributed by atoms with E-state index in [-0.39, 0.29) is 25.3 Å². The van der Waals surface area contributed by atoms with Crippen LogP contribution in [0.2, 0.25) is 0 Å². The highest BCUT2D eigenvalue weighted by Crippen LogP contribution is 2.19. The molecule has 212 valence electrons. The van der Waals surface area contributed by atoms with E-state index in [4.69, 9.17) is 22.9 Å². The lowest BCUT2D eigenvalue weighted by Gasteiger charge is -2.24. The minimum atomic E-state index is -1.44. The molecule has 13 N–H and O–H groups in total. The largest absolute Gasteiger partial charge is 0.480 e. The summed E-state index contributed by atoms with van der Waals surface area (Å²) in [4.78, 5) is 68.6. The maximum Gasteiger partial charge on any atom is 0.325 e. The minimum absolute atomic E-state index is 0.0184. The first kappa shape index (κ1) is 30.6. The Morgan fingerprint density at radius 3 is 2.26 bits per heavy atom. The fraction of sp³-hybridized carbons (Fsp3) is 0.417. The summed E-state index contributed by atoms with van der Waals surface area (Å²) in [6, 6.07) is 2.32. The number of primary amides is 1. The standard InChI is InChI=1S/C24H35N9O6/c1-12(23(38)39)31-21(36)17(9-13-11-30-16-7-3-2-5-14(13)16)33-22(37)18(10-19(26)34)32-20(35)15(25)6-4-8-29-24(27)28/h2-3,5,7,11-12,15,17-18,30H,4,6,8-10,25H2,1H3,(H2,26,34)(H,31,36)(H,32,35)(H,33,37)(H,38,39)(H4,27,28,29). The van der Waals surface area contributed by atoms with E-state index in [1.165, 1.54) is 6.92 Å². The maximum atomic E-state index is 13.2. The molecule has 1 aromatic carbocycles. The van der Waals surface area contributed by atoms with E-state index in [9.17, 15) is 29.1 Å². The number of carbonyl (C=O) groups excluding carboxylic acids is 4. The van der Waals surface area contributed by atoms with Gasteiger partial charge in [-0.05, 0) is 31.4 Å². The summed E-state index contributed by atoms with van der Waals surface area (Å²) in [6.07, 6.45) is 1.66. The molecule has 4 amide bonds. The van der Waals surface area contributed by atoms with Crippen LogP contribution in [0.25, 0.3) is 10.9 Å². The lowest BCUT2D eigenvalue weighted by Crippen LogP contribution is -2.58. The van der Waals surface area contributed by atoms with Gasteiger partial charge in [0.1, 0.15) is 18.1 Å². The Bertz CT molecular complexity index is 1220. The molecule has 2 rings (SSSR count). The number of aliphatic carboxylic acids is 1. The van der Waals surface area contributed by atoms with Crippen molar-refractivity contribution in [1.82, 2.24) is 20.9 Å². The first-order valence-corrected chi connectivity index (χ1v) is 12.2. The Morgan fingerprint density at radius 1 is 0.974 bits per heavy atom. The van der Waals surface area contributed by atoms with E-state index in [0.29, 0.717) is 12.0 Å². The quantitative estimate of drug-likeness (QED) is 0.0650. The van der Waals surface area contributed by atoms with Crippen LogP contribution >= 0.6 is 0 Å². The first-order valence-electron chi connectivity index (χ1n) is 12.2. The zero-order chi connectivity index (χ0) is 29.1. The van der Waals surface area contributed by atoms with Gasteiger partial charge in [0.2, 0.25) is 23.6 Å². The van der Waals surface area contributed by atoms with Gasteiger partial charge in [-0.15, -0.1) is 0 Å². The van der Waals surface area contributed by atoms with Crippen LogP contribution in [0.3, 0.4) is 0 Å². The maximum absolute atomic E-state index is 13.2. The number of nitrogens with zero attached hydrogens (tertiary/aromatic N) is 1. The number of hydrogen-bond acceptors (Lipinski definition) is 7. The zero-order valence-electron chi connectivity index (χ0n) is 21.5. The summed E-state index contributed by atoms with van der Waals surface area (Å²) in [5, 5.41) is 17.2. The molecule has 0 aliphatic rings. The van der Waals surface area contributed by atoms with Crippen molar-refractivity contribution in [2.45, 2.75) is 56.8 Å². The van der Waals surface area contributed by atoms with E-state index in [1.54, 1.807) is 12.3 Å². The molecule has 2 aromatic rings. The lowest BCUT2D eigenvalue weighted by molar-refractivity contribution is -0.142. The number of amides is 4. The normalized spacial score (nSPS) is 13.9. The summed E-state index contributed by atoms with van der Waals surface area (Å²) in [7, 11) is 0. The number of fused-ring (bicyclic) bond motifs is 1. The zero-order valence-corrected chi connectivity index (χ0v) is 21.5. The van der Waals surface area contributed by atoms with Crippen LogP contribution in [0.4, 0.5) is 0 Å². The molecule has 0 aliphatic heterocycles. The van der Waals surface area contributed by atoms with Gasteiger partial charge in [-0.3, -0.25) is 29.0 Å². The molecular weight excluding hydrogens is 510 g/mol. The van der Waals surface area contributed by atoms with Gasteiger partial charge in [0, 0.05) is 30.1 Å². The number of aromatic amines is 1. The van der Waals surface area contributed by atoms with Gasteiger partial charge in [-0.1, -0.05) is 18.2 Å². The van der Waals surface area contributed by atoms with Crippen molar-refractivity contribution in [3.05, 3.63) is 36.0 Å². The van der Waals surface area contributed by atoms with Gasteiger partial charge >= 0.3 is 5.97 Å². The van der Waals surface area contributed by atoms with Crippen LogP contribution in [-0.4, -0.2) is 76.4 Å². The van der Waals surface area contributed by atoms with Crippen LogP contribution in [0, 0.1) is 0 Å². The second-order valence-electron chi connectivity index (χ2n) is 8.98. The van der Waals surface area contributed by atoms with Gasteiger partial charge in [0.25, 0.3) is 0 Å². The van der Waals surface area contributed by atoms with Crippen molar-refractivity contribution in [2.24, 2.45) is 27.9 Å². The van der Waals surface area contributed by atoms with Crippen LogP contribution < -0.4 is 38.9 Å². The van der Waals surface area contributed by atoms with E-state index in [0.717, 1.165) is 10.9 Å². The molecule has 15 nitrogen and oxygen atoms in total. The Labute approximate surface area is 224 Å². The number of nitrogens with two attached hydrogens (primary N) is 4. The number of guanidine groups is 1. The molecule has 0 fully saturated rings. The number of hydrogen-bond donors (Lipinski definition) is 9. The Balaban J connectivity index is 2.20. The van der Waals surface area contributed by atoms with Crippen molar-refractivity contribution in [3.8, 4) is 0 Å². The molecule has 0 saturated heterocycles. The Morgan fingerprint density at radius 2 is 1.62 bits per heavy atom. The molecule has 15 heteroatoms. The fourth-order valence-electron chi connectivity index (χ4n) is 3.72. The van der Waals surface area contributed by atoms with Crippen LogP contribution in [0.5, 0.6) is 0 Å². The Kier molecular flexibility index (Phi) is 11.2. The Hall–Kier alpha value is -4.66. The highest BCUT2D eigenvalue weighted by Gasteiger charge is 2.31. The van der Waals surface area contributed by atoms with Crippen molar-refractivity contribution in [2.75, 3.05) is 6.54 Å². The third-order valence-corrected chi connectivity index (χ3v) is 5.80. The van der Waals surface area contributed by atoms with Gasteiger partial charge in [-0.25, -0.2) is 0 Å². The molecule has 0 spiro atoms. The molecule has 0 bridgehead atoms. The third-order valence-electron chi connectivity index (χ3n) is 5.80. The minimum Gasteiger partial charge on any atom is -0.480 e. The summed E-state index contributed by atoms with van der Waals surface area (Å²) >= 11 is 0. The predicted octanol–water partition coefficient (Wildman–Crippen LogP) is -2.47. The van der Waals surface area contributed by atoms with Crippen molar-refractivity contribution in [1.29, 1.82) is 0 Å². The number of carbonyl (C=O) groups is 5. The van der Waals surface area contributed by atoms with E-state index in [1.807, 2.05) is 18.2 Å². The number of H-pyrrole nitrogens is 1. The molecule has 4 unspecified atom stereocenters. The van der Waals surface area contributed by atoms with E-state index >= 15 is 0 Å². The molecule has 0 saturated carbocycles. The molecule has 1 heterocycles. The second kappa shape index (κ2) is 14.3. The highest BCUT2D eigenvalue weighted by atomic mass is 16.4. The number of aromatic nitrogens is 1. The summed E-state index contributed by atoms with van der Waals surface area (Å²) in [6.45, 7) is 1.52. The smallest absolute Gasteiger partial charge is 0.325 e. The number of aliphatic imine (C=N–C) groups is 1.